The van der Waals surface area contributed by atoms with Crippen molar-refractivity contribution in [1.29, 1.82) is 0 Å². The fraction of sp³-hybridized carbons (Fsp3) is 0.455. The highest BCUT2D eigenvalue weighted by Crippen LogP contribution is 2.21. The minimum absolute atomic E-state index is 0.169. The number of morpholine rings is 1. The molecule has 1 fully saturated rings. The Bertz CT molecular complexity index is 321. The number of halogens is 1. The smallest absolute Gasteiger partial charge is 0.125 e. The summed E-state index contributed by atoms with van der Waals surface area (Å²) in [7, 11) is 0. The Labute approximate surface area is 83.3 Å². The maximum Gasteiger partial charge on any atom is 0.125 e. The number of hydrogen-bond donors (Lipinski definition) is 0. The fourth-order valence-electron chi connectivity index (χ4n) is 1.73. The van der Waals surface area contributed by atoms with Crippen LogP contribution in [0.1, 0.15) is 5.56 Å². The van der Waals surface area contributed by atoms with Crippen LogP contribution < -0.4 is 4.90 Å². The van der Waals surface area contributed by atoms with Crippen molar-refractivity contribution < 1.29 is 9.13 Å². The molecule has 14 heavy (non-hydrogen) atoms. The van der Waals surface area contributed by atoms with Crippen LogP contribution in [0.4, 0.5) is 10.1 Å². The van der Waals surface area contributed by atoms with Crippen LogP contribution in [0.3, 0.4) is 0 Å². The van der Waals surface area contributed by atoms with E-state index in [2.05, 4.69) is 4.90 Å². The van der Waals surface area contributed by atoms with Gasteiger partial charge in [-0.2, -0.15) is 0 Å². The second kappa shape index (κ2) is 3.96. The van der Waals surface area contributed by atoms with Gasteiger partial charge in [-0.1, -0.05) is 6.07 Å². The van der Waals surface area contributed by atoms with Crippen molar-refractivity contribution in [2.24, 2.45) is 0 Å². The summed E-state index contributed by atoms with van der Waals surface area (Å²) in [4.78, 5) is 2.17. The summed E-state index contributed by atoms with van der Waals surface area (Å²) >= 11 is 0. The van der Waals surface area contributed by atoms with E-state index in [-0.39, 0.29) is 5.82 Å². The van der Waals surface area contributed by atoms with Crippen LogP contribution >= 0.6 is 0 Å². The van der Waals surface area contributed by atoms with E-state index < -0.39 is 0 Å². The summed E-state index contributed by atoms with van der Waals surface area (Å²) in [6, 6.07) is 4.92. The zero-order valence-electron chi connectivity index (χ0n) is 8.29. The van der Waals surface area contributed by atoms with Crippen LogP contribution in [0.5, 0.6) is 0 Å². The van der Waals surface area contributed by atoms with Crippen LogP contribution in [0, 0.1) is 12.7 Å². The fourth-order valence-corrected chi connectivity index (χ4v) is 1.73. The summed E-state index contributed by atoms with van der Waals surface area (Å²) in [5.41, 5.74) is 2.11. The Morgan fingerprint density at radius 2 is 2.00 bits per heavy atom. The first-order valence-electron chi connectivity index (χ1n) is 4.86. The first-order valence-corrected chi connectivity index (χ1v) is 4.86. The molecule has 0 N–H and O–H groups in total. The van der Waals surface area contributed by atoms with Gasteiger partial charge >= 0.3 is 0 Å². The highest BCUT2D eigenvalue weighted by Gasteiger charge is 2.13. The molecular weight excluding hydrogens is 181 g/mol. The minimum Gasteiger partial charge on any atom is -0.378 e. The molecule has 2 nitrogen and oxygen atoms in total. The lowest BCUT2D eigenvalue weighted by Crippen LogP contribution is -2.36. The summed E-state index contributed by atoms with van der Waals surface area (Å²) in [6.45, 7) is 5.17. The summed E-state index contributed by atoms with van der Waals surface area (Å²) in [5, 5.41) is 0. The standard InChI is InChI=1S/C11H14FNO/c1-9-2-3-10(12)8-11(9)13-4-6-14-7-5-13/h2-3,8H,4-7H2,1H3. The average molecular weight is 195 g/mol. The van der Waals surface area contributed by atoms with Crippen molar-refractivity contribution in [3.05, 3.63) is 29.6 Å². The Morgan fingerprint density at radius 3 is 2.71 bits per heavy atom. The third kappa shape index (κ3) is 1.87. The summed E-state index contributed by atoms with van der Waals surface area (Å²) in [6.07, 6.45) is 0. The molecule has 0 saturated carbocycles. The van der Waals surface area contributed by atoms with Crippen molar-refractivity contribution >= 4 is 5.69 Å². The first kappa shape index (κ1) is 9.46. The van der Waals surface area contributed by atoms with E-state index in [0.717, 1.165) is 37.6 Å². The highest BCUT2D eigenvalue weighted by atomic mass is 19.1. The molecule has 0 bridgehead atoms. The van der Waals surface area contributed by atoms with Crippen molar-refractivity contribution in [2.75, 3.05) is 31.2 Å². The zero-order chi connectivity index (χ0) is 9.97. The van der Waals surface area contributed by atoms with E-state index in [1.165, 1.54) is 6.07 Å². The van der Waals surface area contributed by atoms with E-state index in [0.29, 0.717) is 0 Å². The van der Waals surface area contributed by atoms with E-state index in [1.54, 1.807) is 6.07 Å². The molecule has 0 aliphatic carbocycles. The van der Waals surface area contributed by atoms with Crippen molar-refractivity contribution in [3.8, 4) is 0 Å². The van der Waals surface area contributed by atoms with E-state index in [9.17, 15) is 4.39 Å². The van der Waals surface area contributed by atoms with Crippen molar-refractivity contribution in [1.82, 2.24) is 0 Å². The molecule has 0 atom stereocenters. The quantitative estimate of drug-likeness (QED) is 0.679. The monoisotopic (exact) mass is 195 g/mol. The molecule has 0 unspecified atom stereocenters. The topological polar surface area (TPSA) is 12.5 Å². The number of aryl methyl sites for hydroxylation is 1. The second-order valence-corrected chi connectivity index (χ2v) is 3.53. The Morgan fingerprint density at radius 1 is 1.29 bits per heavy atom. The number of nitrogens with zero attached hydrogens (tertiary/aromatic N) is 1. The number of anilines is 1. The van der Waals surface area contributed by atoms with Crippen LogP contribution in [-0.4, -0.2) is 26.3 Å². The van der Waals surface area contributed by atoms with Crippen LogP contribution in [-0.2, 0) is 4.74 Å². The maximum absolute atomic E-state index is 13.0. The molecule has 1 saturated heterocycles. The van der Waals surface area contributed by atoms with Gasteiger partial charge in [0.05, 0.1) is 13.2 Å². The molecule has 2 rings (SSSR count). The van der Waals surface area contributed by atoms with Gasteiger partial charge in [0.1, 0.15) is 5.82 Å². The molecule has 1 aliphatic rings. The molecule has 0 radical (unpaired) electrons. The number of rotatable bonds is 1. The number of hydrogen-bond acceptors (Lipinski definition) is 2. The summed E-state index contributed by atoms with van der Waals surface area (Å²) < 4.78 is 18.3. The third-order valence-corrected chi connectivity index (χ3v) is 2.52. The van der Waals surface area contributed by atoms with Gasteiger partial charge < -0.3 is 9.64 Å². The largest absolute Gasteiger partial charge is 0.378 e. The predicted octanol–water partition coefficient (Wildman–Crippen LogP) is 1.97. The first-order chi connectivity index (χ1) is 6.77. The Balaban J connectivity index is 2.24. The SMILES string of the molecule is Cc1ccc(F)cc1N1CCOCC1. The van der Waals surface area contributed by atoms with E-state index in [1.807, 2.05) is 13.0 Å². The van der Waals surface area contributed by atoms with Gasteiger partial charge in [0, 0.05) is 18.8 Å². The molecule has 0 aromatic heterocycles. The van der Waals surface area contributed by atoms with Crippen LogP contribution in [0.15, 0.2) is 18.2 Å². The van der Waals surface area contributed by atoms with E-state index >= 15 is 0 Å². The molecule has 1 heterocycles. The van der Waals surface area contributed by atoms with Gasteiger partial charge in [-0.3, -0.25) is 0 Å². The van der Waals surface area contributed by atoms with Gasteiger partial charge in [0.15, 0.2) is 0 Å². The second-order valence-electron chi connectivity index (χ2n) is 3.53. The zero-order valence-corrected chi connectivity index (χ0v) is 8.29. The lowest BCUT2D eigenvalue weighted by molar-refractivity contribution is 0.122. The van der Waals surface area contributed by atoms with Gasteiger partial charge in [-0.15, -0.1) is 0 Å². The molecular formula is C11H14FNO. The molecule has 0 spiro atoms. The lowest BCUT2D eigenvalue weighted by Gasteiger charge is -2.30. The Hall–Kier alpha value is -1.09. The highest BCUT2D eigenvalue weighted by molar-refractivity contribution is 5.53. The van der Waals surface area contributed by atoms with Crippen LogP contribution in [0.25, 0.3) is 0 Å². The van der Waals surface area contributed by atoms with Gasteiger partial charge in [-0.05, 0) is 24.6 Å². The average Bonchev–Trinajstić information content (AvgIpc) is 2.23. The predicted molar refractivity (Wildman–Crippen MR) is 54.2 cm³/mol. The molecule has 1 aliphatic heterocycles. The molecule has 76 valence electrons. The normalized spacial score (nSPS) is 17.1. The van der Waals surface area contributed by atoms with Crippen LogP contribution in [0.2, 0.25) is 0 Å². The lowest BCUT2D eigenvalue weighted by atomic mass is 10.1. The molecule has 3 heteroatoms. The van der Waals surface area contributed by atoms with Crippen molar-refractivity contribution in [3.63, 3.8) is 0 Å². The van der Waals surface area contributed by atoms with Gasteiger partial charge in [-0.25, -0.2) is 4.39 Å². The third-order valence-electron chi connectivity index (χ3n) is 2.52. The van der Waals surface area contributed by atoms with E-state index in [4.69, 9.17) is 4.74 Å². The van der Waals surface area contributed by atoms with Gasteiger partial charge in [0.2, 0.25) is 0 Å². The van der Waals surface area contributed by atoms with Gasteiger partial charge in [0.25, 0.3) is 0 Å². The maximum atomic E-state index is 13.0. The van der Waals surface area contributed by atoms with Crippen molar-refractivity contribution in [2.45, 2.75) is 6.92 Å². The Kier molecular flexibility index (Phi) is 2.68. The number of benzene rings is 1. The minimum atomic E-state index is -0.169. The number of ether oxygens (including phenoxy) is 1. The summed E-state index contributed by atoms with van der Waals surface area (Å²) in [5.74, 6) is -0.169. The molecule has 0 amide bonds. The molecule has 1 aromatic carbocycles. The molecule has 1 aromatic rings.